The Labute approximate surface area is 140 Å². The lowest BCUT2D eigenvalue weighted by Gasteiger charge is -2.29. The fraction of sp³-hybridized carbons (Fsp3) is 0.500. The molecule has 6 nitrogen and oxygen atoms in total. The third-order valence-corrected chi connectivity index (χ3v) is 5.14. The molecule has 0 aliphatic heterocycles. The zero-order valence-electron chi connectivity index (χ0n) is 13.1. The van der Waals surface area contributed by atoms with Gasteiger partial charge in [0, 0.05) is 6.04 Å². The molecule has 1 aliphatic carbocycles. The lowest BCUT2D eigenvalue weighted by atomic mass is 9.86. The van der Waals surface area contributed by atoms with Gasteiger partial charge in [-0.3, -0.25) is 10.5 Å². The number of hydrogen-bond donors (Lipinski definition) is 2. The van der Waals surface area contributed by atoms with Crippen molar-refractivity contribution in [1.29, 1.82) is 10.5 Å². The summed E-state index contributed by atoms with van der Waals surface area (Å²) in [6.45, 7) is 2.17. The third-order valence-electron chi connectivity index (χ3n) is 4.12. The molecule has 23 heavy (non-hydrogen) atoms. The summed E-state index contributed by atoms with van der Waals surface area (Å²) in [5, 5.41) is 21.7. The van der Waals surface area contributed by atoms with E-state index in [4.69, 9.17) is 16.3 Å². The van der Waals surface area contributed by atoms with E-state index in [1.54, 1.807) is 0 Å². The number of nitrogens with one attached hydrogen (secondary N) is 2. The molecule has 4 N–H and O–H groups in total. The molecular formula is C16H20N5OS+. The zero-order chi connectivity index (χ0) is 16.8. The van der Waals surface area contributed by atoms with E-state index >= 15 is 0 Å². The van der Waals surface area contributed by atoms with Gasteiger partial charge >= 0.3 is 0 Å². The second kappa shape index (κ2) is 7.85. The second-order valence-corrected chi connectivity index (χ2v) is 6.77. The summed E-state index contributed by atoms with van der Waals surface area (Å²) in [6, 6.07) is 5.62. The van der Waals surface area contributed by atoms with Gasteiger partial charge in [0.25, 0.3) is 5.82 Å². The number of amides is 1. The van der Waals surface area contributed by atoms with E-state index in [0.717, 1.165) is 19.3 Å². The number of carbonyl (C=O) groups is 1. The highest BCUT2D eigenvalue weighted by Gasteiger charge is 2.23. The van der Waals surface area contributed by atoms with Gasteiger partial charge in [-0.15, -0.1) is 0 Å². The monoisotopic (exact) mass is 330 g/mol. The number of nitrogens with two attached hydrogens (primary N) is 1. The van der Waals surface area contributed by atoms with Gasteiger partial charge in [0.1, 0.15) is 23.3 Å². The van der Waals surface area contributed by atoms with Gasteiger partial charge in [0.05, 0.1) is 5.75 Å². The first-order valence-corrected chi connectivity index (χ1v) is 8.62. The van der Waals surface area contributed by atoms with Gasteiger partial charge in [0.2, 0.25) is 5.91 Å². The average molecular weight is 330 g/mol. The van der Waals surface area contributed by atoms with E-state index in [0.29, 0.717) is 16.5 Å². The van der Waals surface area contributed by atoms with Crippen LogP contribution in [0.3, 0.4) is 0 Å². The Kier molecular flexibility index (Phi) is 5.84. The summed E-state index contributed by atoms with van der Waals surface area (Å²) < 4.78 is 0. The number of nitrogens with zero attached hydrogens (tertiary/aromatic N) is 2. The number of carbonyl (C=O) groups excluding carboxylic acids is 1. The van der Waals surface area contributed by atoms with Crippen molar-refractivity contribution in [2.24, 2.45) is 5.92 Å². The van der Waals surface area contributed by atoms with Crippen LogP contribution in [-0.4, -0.2) is 17.7 Å². The molecule has 0 saturated heterocycles. The minimum absolute atomic E-state index is 0.0472. The molecule has 2 atom stereocenters. The van der Waals surface area contributed by atoms with Crippen molar-refractivity contribution in [2.45, 2.75) is 43.7 Å². The molecule has 1 fully saturated rings. The highest BCUT2D eigenvalue weighted by Crippen LogP contribution is 2.24. The van der Waals surface area contributed by atoms with E-state index < -0.39 is 0 Å². The summed E-state index contributed by atoms with van der Waals surface area (Å²) in [5.41, 5.74) is 6.28. The number of aromatic amines is 1. The second-order valence-electron chi connectivity index (χ2n) is 5.79. The van der Waals surface area contributed by atoms with Gasteiger partial charge in [-0.25, -0.2) is 4.98 Å². The Morgan fingerprint density at radius 1 is 1.39 bits per heavy atom. The number of nitrogen functional groups attached to an aromatic ring is 1. The van der Waals surface area contributed by atoms with Gasteiger partial charge in [0.15, 0.2) is 5.03 Å². The Hall–Kier alpha value is -2.25. The molecule has 2 rings (SSSR count). The molecule has 1 aliphatic rings. The molecule has 0 radical (unpaired) electrons. The maximum Gasteiger partial charge on any atom is 0.289 e. The van der Waals surface area contributed by atoms with Crippen molar-refractivity contribution in [3.05, 3.63) is 17.2 Å². The minimum atomic E-state index is -0.0472. The molecule has 0 unspecified atom stereocenters. The first-order valence-electron chi connectivity index (χ1n) is 7.63. The summed E-state index contributed by atoms with van der Waals surface area (Å²) in [7, 11) is 0. The maximum absolute atomic E-state index is 12.1. The molecule has 1 aromatic rings. The molecule has 0 spiro atoms. The van der Waals surface area contributed by atoms with Crippen molar-refractivity contribution in [3.8, 4) is 12.1 Å². The molecule has 0 aromatic carbocycles. The van der Waals surface area contributed by atoms with Crippen molar-refractivity contribution in [2.75, 3.05) is 11.5 Å². The smallest absolute Gasteiger partial charge is 0.289 e. The lowest BCUT2D eigenvalue weighted by Crippen LogP contribution is -2.41. The SMILES string of the molecule is C[C@@H]1CCCC[C@H]1NC(=O)CSc1[nH+]c(N)c(C#N)cc1C#N. The topological polar surface area (TPSA) is 117 Å². The Morgan fingerprint density at radius 2 is 2.09 bits per heavy atom. The number of anilines is 1. The van der Waals surface area contributed by atoms with Crippen LogP contribution in [0.25, 0.3) is 0 Å². The summed E-state index contributed by atoms with van der Waals surface area (Å²) in [6.07, 6.45) is 4.56. The van der Waals surface area contributed by atoms with Crippen molar-refractivity contribution < 1.29 is 9.78 Å². The molecule has 1 saturated carbocycles. The number of nitriles is 2. The van der Waals surface area contributed by atoms with E-state index in [1.165, 1.54) is 24.2 Å². The van der Waals surface area contributed by atoms with Crippen LogP contribution in [0.5, 0.6) is 0 Å². The molecular weight excluding hydrogens is 310 g/mol. The molecule has 120 valence electrons. The van der Waals surface area contributed by atoms with Crippen LogP contribution < -0.4 is 16.0 Å². The Morgan fingerprint density at radius 3 is 2.74 bits per heavy atom. The van der Waals surface area contributed by atoms with E-state index in [9.17, 15) is 4.79 Å². The van der Waals surface area contributed by atoms with Crippen molar-refractivity contribution in [3.63, 3.8) is 0 Å². The standard InChI is InChI=1S/C16H19N5OS/c1-10-4-2-3-5-13(10)20-14(22)9-23-16-12(8-18)6-11(7-17)15(19)21-16/h6,10,13H,2-5,9H2,1H3,(H2,19,21)(H,20,22)/p+1/t10-,13-/m1/s1. The fourth-order valence-electron chi connectivity index (χ4n) is 2.75. The number of H-pyrrole nitrogens is 1. The highest BCUT2D eigenvalue weighted by molar-refractivity contribution is 7.99. The Balaban J connectivity index is 1.98. The van der Waals surface area contributed by atoms with Crippen molar-refractivity contribution >= 4 is 23.5 Å². The molecule has 1 aromatic heterocycles. The van der Waals surface area contributed by atoms with Crippen molar-refractivity contribution in [1.82, 2.24) is 5.32 Å². The molecule has 1 amide bonds. The number of aromatic nitrogens is 1. The van der Waals surface area contributed by atoms with Crippen LogP contribution >= 0.6 is 11.8 Å². The third kappa shape index (κ3) is 4.37. The van der Waals surface area contributed by atoms with E-state index in [2.05, 4.69) is 17.2 Å². The van der Waals surface area contributed by atoms with Gasteiger partial charge in [-0.1, -0.05) is 31.5 Å². The number of hydrogen-bond acceptors (Lipinski definition) is 5. The highest BCUT2D eigenvalue weighted by atomic mass is 32.2. The minimum Gasteiger partial charge on any atom is -0.352 e. The largest absolute Gasteiger partial charge is 0.352 e. The maximum atomic E-state index is 12.1. The molecule has 1 heterocycles. The molecule has 0 bridgehead atoms. The predicted octanol–water partition coefficient (Wildman–Crippen LogP) is 1.61. The van der Waals surface area contributed by atoms with Gasteiger partial charge < -0.3 is 5.32 Å². The Bertz CT molecular complexity index is 676. The fourth-order valence-corrected chi connectivity index (χ4v) is 3.55. The summed E-state index contributed by atoms with van der Waals surface area (Å²) in [4.78, 5) is 15.0. The van der Waals surface area contributed by atoms with Crippen LogP contribution in [-0.2, 0) is 4.79 Å². The average Bonchev–Trinajstić information content (AvgIpc) is 2.55. The first kappa shape index (κ1) is 17.1. The summed E-state index contributed by atoms with van der Waals surface area (Å²) in [5.74, 6) is 0.869. The predicted molar refractivity (Wildman–Crippen MR) is 87.1 cm³/mol. The van der Waals surface area contributed by atoms with Crippen LogP contribution in [0.1, 0.15) is 43.7 Å². The normalized spacial score (nSPS) is 20.3. The van der Waals surface area contributed by atoms with E-state index in [-0.39, 0.29) is 29.1 Å². The van der Waals surface area contributed by atoms with Crippen LogP contribution in [0, 0.1) is 28.6 Å². The van der Waals surface area contributed by atoms with Gasteiger partial charge in [-0.05, 0) is 24.8 Å². The van der Waals surface area contributed by atoms with Crippen LogP contribution in [0.15, 0.2) is 11.1 Å². The number of thioether (sulfide) groups is 1. The number of pyridine rings is 1. The quantitative estimate of drug-likeness (QED) is 0.813. The lowest BCUT2D eigenvalue weighted by molar-refractivity contribution is -0.410. The van der Waals surface area contributed by atoms with Gasteiger partial charge in [-0.2, -0.15) is 10.5 Å². The van der Waals surface area contributed by atoms with Crippen LogP contribution in [0.2, 0.25) is 0 Å². The number of rotatable bonds is 4. The summed E-state index contributed by atoms with van der Waals surface area (Å²) >= 11 is 1.22. The van der Waals surface area contributed by atoms with E-state index in [1.807, 2.05) is 12.1 Å². The van der Waals surface area contributed by atoms with Crippen LogP contribution in [0.4, 0.5) is 5.82 Å². The first-order chi connectivity index (χ1) is 11.0. The zero-order valence-corrected chi connectivity index (χ0v) is 13.9. The molecule has 7 heteroatoms.